The predicted octanol–water partition coefficient (Wildman–Crippen LogP) is -0.409. The van der Waals surface area contributed by atoms with Crippen molar-refractivity contribution in [2.45, 2.75) is 31.7 Å². The number of hydrogen-bond donors (Lipinski definition) is 4. The van der Waals surface area contributed by atoms with E-state index in [2.05, 4.69) is 9.90 Å². The quantitative estimate of drug-likeness (QED) is 0.280. The Morgan fingerprint density at radius 2 is 1.95 bits per heavy atom. The minimum absolute atomic E-state index is 0.0842. The maximum Gasteiger partial charge on any atom is 0.326 e. The molecule has 0 rings (SSSR count). The molecule has 0 fully saturated rings. The molecule has 10 heteroatoms. The van der Waals surface area contributed by atoms with Crippen molar-refractivity contribution in [2.24, 2.45) is 22.0 Å². The zero-order valence-corrected chi connectivity index (χ0v) is 12.3. The summed E-state index contributed by atoms with van der Waals surface area (Å²) in [5, 5.41) is 11.4. The standard InChI is InChI=1S/C11H20N4O5S/c12-5-1-2-7(6-21-15-20)10(17)14-8(11(18)19)3-4-9(13)16/h7-8H,1-6,12H2,(H2,13,16)(H,14,17)(H,18,19)/t7-,8+/m1/s1. The second-order valence-corrected chi connectivity index (χ2v) is 5.14. The van der Waals surface area contributed by atoms with Gasteiger partial charge in [0.25, 0.3) is 0 Å². The molecule has 0 saturated heterocycles. The monoisotopic (exact) mass is 320 g/mol. The summed E-state index contributed by atoms with van der Waals surface area (Å²) in [6, 6.07) is -1.19. The van der Waals surface area contributed by atoms with Gasteiger partial charge in [0.2, 0.25) is 11.8 Å². The highest BCUT2D eigenvalue weighted by molar-refractivity contribution is 7.97. The second kappa shape index (κ2) is 11.0. The Kier molecular flexibility index (Phi) is 10.1. The third-order valence-corrected chi connectivity index (χ3v) is 3.41. The molecule has 0 unspecified atom stereocenters. The number of nitroso groups, excluding NO2 is 1. The minimum atomic E-state index is -1.25. The number of nitrogens with zero attached hydrogens (tertiary/aromatic N) is 1. The summed E-state index contributed by atoms with van der Waals surface area (Å²) in [6.45, 7) is 0.382. The topological polar surface area (TPSA) is 165 Å². The van der Waals surface area contributed by atoms with Crippen LogP contribution in [0.3, 0.4) is 0 Å². The average Bonchev–Trinajstić information content (AvgIpc) is 2.42. The van der Waals surface area contributed by atoms with E-state index in [0.717, 1.165) is 0 Å². The average molecular weight is 320 g/mol. The van der Waals surface area contributed by atoms with Crippen LogP contribution < -0.4 is 16.8 Å². The lowest BCUT2D eigenvalue weighted by atomic mass is 10.0. The fourth-order valence-corrected chi connectivity index (χ4v) is 2.17. The van der Waals surface area contributed by atoms with Gasteiger partial charge < -0.3 is 21.9 Å². The van der Waals surface area contributed by atoms with E-state index in [1.807, 2.05) is 0 Å². The molecule has 0 aliphatic rings. The largest absolute Gasteiger partial charge is 0.480 e. The number of rotatable bonds is 12. The first-order chi connectivity index (χ1) is 9.92. The molecule has 120 valence electrons. The van der Waals surface area contributed by atoms with Gasteiger partial charge in [-0.1, -0.05) is 0 Å². The normalized spacial score (nSPS) is 13.2. The van der Waals surface area contributed by atoms with Gasteiger partial charge in [0.05, 0.1) is 0 Å². The highest BCUT2D eigenvalue weighted by Crippen LogP contribution is 2.15. The van der Waals surface area contributed by atoms with Crippen molar-refractivity contribution < 1.29 is 19.5 Å². The Balaban J connectivity index is 4.60. The summed E-state index contributed by atoms with van der Waals surface area (Å²) in [5.74, 6) is -2.81. The maximum atomic E-state index is 12.0. The number of carboxylic acid groups (broad SMARTS) is 1. The van der Waals surface area contributed by atoms with Gasteiger partial charge in [-0.25, -0.2) is 4.79 Å². The van der Waals surface area contributed by atoms with Crippen LogP contribution in [0.5, 0.6) is 0 Å². The molecule has 2 amide bonds. The SMILES string of the molecule is NCCC[C@H](CSN=O)C(=O)N[C@@H](CCC(N)=O)C(=O)O. The molecule has 0 aliphatic heterocycles. The molecule has 0 radical (unpaired) electrons. The number of hydrogen-bond acceptors (Lipinski definition) is 7. The Bertz CT molecular complexity index is 380. The van der Waals surface area contributed by atoms with E-state index in [-0.39, 0.29) is 18.6 Å². The summed E-state index contributed by atoms with van der Waals surface area (Å²) in [7, 11) is 0. The first kappa shape index (κ1) is 19.3. The molecule has 21 heavy (non-hydrogen) atoms. The van der Waals surface area contributed by atoms with Gasteiger partial charge in [0.1, 0.15) is 6.04 Å². The Hall–Kier alpha value is -1.68. The highest BCUT2D eigenvalue weighted by Gasteiger charge is 2.25. The second-order valence-electron chi connectivity index (χ2n) is 4.40. The number of aliphatic carboxylic acids is 1. The van der Waals surface area contributed by atoms with E-state index >= 15 is 0 Å². The van der Waals surface area contributed by atoms with Crippen LogP contribution in [0.15, 0.2) is 4.58 Å². The van der Waals surface area contributed by atoms with Gasteiger partial charge in [-0.2, -0.15) is 0 Å². The van der Waals surface area contributed by atoms with Gasteiger partial charge >= 0.3 is 5.97 Å². The molecule has 0 bridgehead atoms. The third-order valence-electron chi connectivity index (χ3n) is 2.75. The number of nitrogens with two attached hydrogens (primary N) is 2. The molecule has 2 atom stereocenters. The van der Waals surface area contributed by atoms with E-state index in [1.54, 1.807) is 0 Å². The van der Waals surface area contributed by atoms with Crippen LogP contribution in [0.25, 0.3) is 0 Å². The highest BCUT2D eigenvalue weighted by atomic mass is 32.2. The molecule has 9 nitrogen and oxygen atoms in total. The van der Waals surface area contributed by atoms with Crippen molar-refractivity contribution in [1.29, 1.82) is 0 Å². The van der Waals surface area contributed by atoms with Crippen molar-refractivity contribution in [3.05, 3.63) is 4.91 Å². The number of carbonyl (C=O) groups is 3. The molecule has 0 aromatic carbocycles. The van der Waals surface area contributed by atoms with Crippen LogP contribution in [0, 0.1) is 10.8 Å². The third kappa shape index (κ3) is 8.97. The van der Waals surface area contributed by atoms with Crippen molar-refractivity contribution in [2.75, 3.05) is 12.3 Å². The first-order valence-electron chi connectivity index (χ1n) is 6.38. The van der Waals surface area contributed by atoms with E-state index in [4.69, 9.17) is 16.6 Å². The fraction of sp³-hybridized carbons (Fsp3) is 0.727. The molecular weight excluding hydrogens is 300 g/mol. The Morgan fingerprint density at radius 3 is 2.43 bits per heavy atom. The zero-order valence-electron chi connectivity index (χ0n) is 11.5. The molecular formula is C11H20N4O5S. The molecule has 0 saturated carbocycles. The summed E-state index contributed by atoms with van der Waals surface area (Å²) in [6.07, 6.45) is 0.762. The van der Waals surface area contributed by atoms with Gasteiger partial charge in [-0.15, -0.1) is 4.91 Å². The summed E-state index contributed by atoms with van der Waals surface area (Å²) < 4.78 is 2.62. The zero-order chi connectivity index (χ0) is 16.3. The molecule has 0 heterocycles. The van der Waals surface area contributed by atoms with Gasteiger partial charge in [-0.3, -0.25) is 9.59 Å². The molecule has 6 N–H and O–H groups in total. The van der Waals surface area contributed by atoms with E-state index < -0.39 is 29.7 Å². The van der Waals surface area contributed by atoms with Crippen LogP contribution in [-0.4, -0.2) is 41.2 Å². The van der Waals surface area contributed by atoms with Crippen LogP contribution in [0.4, 0.5) is 0 Å². The van der Waals surface area contributed by atoms with Crippen molar-refractivity contribution in [1.82, 2.24) is 5.32 Å². The number of nitrogens with one attached hydrogen (secondary N) is 1. The number of amides is 2. The number of carboxylic acids is 1. The Labute approximate surface area is 126 Å². The molecule has 0 aromatic rings. The van der Waals surface area contributed by atoms with E-state index in [9.17, 15) is 19.3 Å². The maximum absolute atomic E-state index is 12.0. The van der Waals surface area contributed by atoms with Crippen LogP contribution >= 0.6 is 11.9 Å². The summed E-state index contributed by atoms with van der Waals surface area (Å²) >= 11 is 0.695. The van der Waals surface area contributed by atoms with Gasteiger partial charge in [-0.05, 0) is 25.8 Å². The van der Waals surface area contributed by atoms with Gasteiger partial charge in [0, 0.05) is 34.6 Å². The van der Waals surface area contributed by atoms with Crippen molar-refractivity contribution >= 4 is 29.7 Å². The summed E-state index contributed by atoms with van der Waals surface area (Å²) in [5.41, 5.74) is 10.3. The predicted molar refractivity (Wildman–Crippen MR) is 78.0 cm³/mol. The Morgan fingerprint density at radius 1 is 1.29 bits per heavy atom. The lowest BCUT2D eigenvalue weighted by molar-refractivity contribution is -0.142. The molecule has 0 spiro atoms. The molecule has 0 aliphatic carbocycles. The van der Waals surface area contributed by atoms with Crippen molar-refractivity contribution in [3.63, 3.8) is 0 Å². The lowest BCUT2D eigenvalue weighted by Gasteiger charge is -2.19. The fourth-order valence-electron chi connectivity index (χ4n) is 1.61. The van der Waals surface area contributed by atoms with E-state index in [1.165, 1.54) is 0 Å². The number of primary amides is 1. The minimum Gasteiger partial charge on any atom is -0.480 e. The lowest BCUT2D eigenvalue weighted by Crippen LogP contribution is -2.44. The van der Waals surface area contributed by atoms with Crippen LogP contribution in [0.1, 0.15) is 25.7 Å². The molecule has 0 aromatic heterocycles. The summed E-state index contributed by atoms with van der Waals surface area (Å²) in [4.78, 5) is 43.9. The number of carbonyl (C=O) groups excluding carboxylic acids is 2. The first-order valence-corrected chi connectivity index (χ1v) is 7.32. The smallest absolute Gasteiger partial charge is 0.326 e. The van der Waals surface area contributed by atoms with Crippen molar-refractivity contribution in [3.8, 4) is 0 Å². The van der Waals surface area contributed by atoms with Crippen LogP contribution in [0.2, 0.25) is 0 Å². The van der Waals surface area contributed by atoms with Gasteiger partial charge in [0.15, 0.2) is 0 Å². The van der Waals surface area contributed by atoms with Crippen LogP contribution in [-0.2, 0) is 14.4 Å². The van der Waals surface area contributed by atoms with E-state index in [0.29, 0.717) is 31.3 Å².